The molecule has 7 nitrogen and oxygen atoms in total. The number of aromatic nitrogens is 2. The molecule has 1 unspecified atom stereocenters. The zero-order valence-electron chi connectivity index (χ0n) is 18.6. The fourth-order valence-corrected chi connectivity index (χ4v) is 4.44. The molecule has 0 saturated heterocycles. The number of aliphatic hydroxyl groups is 1. The molecule has 170 valence electrons. The monoisotopic (exact) mass is 455 g/mol. The lowest BCUT2D eigenvalue weighted by Crippen LogP contribution is -2.24. The van der Waals surface area contributed by atoms with Crippen LogP contribution < -0.4 is 5.32 Å². The van der Waals surface area contributed by atoms with Crippen LogP contribution in [0.15, 0.2) is 41.6 Å². The minimum Gasteiger partial charge on any atom is -0.378 e. The van der Waals surface area contributed by atoms with Crippen LogP contribution in [-0.2, 0) is 14.6 Å². The van der Waals surface area contributed by atoms with Crippen molar-refractivity contribution in [3.63, 3.8) is 0 Å². The molecule has 2 N–H and O–H groups in total. The third kappa shape index (κ3) is 6.87. The summed E-state index contributed by atoms with van der Waals surface area (Å²) < 4.78 is 23.6. The third-order valence-electron chi connectivity index (χ3n) is 5.47. The van der Waals surface area contributed by atoms with Gasteiger partial charge in [-0.15, -0.1) is 0 Å². The van der Waals surface area contributed by atoms with Gasteiger partial charge in [-0.25, -0.2) is 18.4 Å². The summed E-state index contributed by atoms with van der Waals surface area (Å²) in [4.78, 5) is 21.8. The molecule has 2 aromatic rings. The van der Waals surface area contributed by atoms with Crippen LogP contribution >= 0.6 is 0 Å². The Hall–Kier alpha value is -2.76. The molecule has 1 fully saturated rings. The van der Waals surface area contributed by atoms with Crippen molar-refractivity contribution in [2.45, 2.75) is 62.4 Å². The van der Waals surface area contributed by atoms with E-state index < -0.39 is 21.4 Å². The van der Waals surface area contributed by atoms with Crippen molar-refractivity contribution in [3.8, 4) is 11.8 Å². The quantitative estimate of drug-likeness (QED) is 0.647. The van der Waals surface area contributed by atoms with Gasteiger partial charge < -0.3 is 10.4 Å². The summed E-state index contributed by atoms with van der Waals surface area (Å²) >= 11 is 0. The Morgan fingerprint density at radius 1 is 1.19 bits per heavy atom. The molecule has 1 atom stereocenters. The Kier molecular flexibility index (Phi) is 7.32. The van der Waals surface area contributed by atoms with E-state index in [0.29, 0.717) is 23.9 Å². The predicted molar refractivity (Wildman–Crippen MR) is 123 cm³/mol. The van der Waals surface area contributed by atoms with Gasteiger partial charge in [0, 0.05) is 6.26 Å². The maximum absolute atomic E-state index is 13.2. The fourth-order valence-electron chi connectivity index (χ4n) is 3.81. The van der Waals surface area contributed by atoms with Gasteiger partial charge in [-0.1, -0.05) is 43.7 Å². The van der Waals surface area contributed by atoms with E-state index in [1.54, 1.807) is 38.1 Å². The molecule has 1 aromatic carbocycles. The van der Waals surface area contributed by atoms with Crippen LogP contribution in [0.1, 0.15) is 63.1 Å². The lowest BCUT2D eigenvalue weighted by Gasteiger charge is -2.20. The van der Waals surface area contributed by atoms with E-state index in [1.165, 1.54) is 31.5 Å². The Morgan fingerprint density at radius 3 is 2.38 bits per heavy atom. The molecule has 32 heavy (non-hydrogen) atoms. The Labute approximate surface area is 189 Å². The summed E-state index contributed by atoms with van der Waals surface area (Å²) in [6.07, 6.45) is 9.28. The zero-order chi connectivity index (χ0) is 23.4. The highest BCUT2D eigenvalue weighted by atomic mass is 32.2. The van der Waals surface area contributed by atoms with Gasteiger partial charge in [0.05, 0.1) is 23.2 Å². The van der Waals surface area contributed by atoms with Crippen molar-refractivity contribution in [2.75, 3.05) is 11.6 Å². The third-order valence-corrected chi connectivity index (χ3v) is 6.60. The molecular formula is C24H29N3O4S. The molecular weight excluding hydrogens is 426 g/mol. The molecule has 0 radical (unpaired) electrons. The van der Waals surface area contributed by atoms with Crippen molar-refractivity contribution >= 4 is 21.6 Å². The van der Waals surface area contributed by atoms with E-state index in [2.05, 4.69) is 27.1 Å². The van der Waals surface area contributed by atoms with Crippen molar-refractivity contribution < 1.29 is 18.3 Å². The van der Waals surface area contributed by atoms with Crippen molar-refractivity contribution in [3.05, 3.63) is 47.9 Å². The van der Waals surface area contributed by atoms with Crippen molar-refractivity contribution in [2.24, 2.45) is 5.92 Å². The van der Waals surface area contributed by atoms with Crippen LogP contribution in [0.25, 0.3) is 0 Å². The topological polar surface area (TPSA) is 109 Å². The average molecular weight is 456 g/mol. The SMILES string of the molecule is CC(C)(O)C#Cc1cnc(NC(=O)C(CC2CCCC2)c2ccc(S(C)(=O)=O)cc2)cn1. The van der Waals surface area contributed by atoms with Crippen LogP contribution in [0.5, 0.6) is 0 Å². The fraction of sp³-hybridized carbons (Fsp3) is 0.458. The zero-order valence-corrected chi connectivity index (χ0v) is 19.4. The molecule has 0 aliphatic heterocycles. The normalized spacial score (nSPS) is 15.6. The maximum atomic E-state index is 13.2. The summed E-state index contributed by atoms with van der Waals surface area (Å²) in [5.41, 5.74) is 0.0423. The smallest absolute Gasteiger partial charge is 0.233 e. The summed E-state index contributed by atoms with van der Waals surface area (Å²) in [6, 6.07) is 6.54. The van der Waals surface area contributed by atoms with Crippen molar-refractivity contribution in [1.29, 1.82) is 0 Å². The summed E-state index contributed by atoms with van der Waals surface area (Å²) in [5.74, 6) is 5.57. The van der Waals surface area contributed by atoms with E-state index >= 15 is 0 Å². The summed E-state index contributed by atoms with van der Waals surface area (Å²) in [5, 5.41) is 12.5. The van der Waals surface area contributed by atoms with Crippen LogP contribution in [0.3, 0.4) is 0 Å². The summed E-state index contributed by atoms with van der Waals surface area (Å²) in [7, 11) is -3.30. The highest BCUT2D eigenvalue weighted by Gasteiger charge is 2.27. The molecule has 1 aromatic heterocycles. The van der Waals surface area contributed by atoms with Gasteiger partial charge in [0.1, 0.15) is 11.3 Å². The molecule has 3 rings (SSSR count). The van der Waals surface area contributed by atoms with Crippen molar-refractivity contribution in [1.82, 2.24) is 9.97 Å². The number of sulfone groups is 1. The number of nitrogens with one attached hydrogen (secondary N) is 1. The number of hydrogen-bond acceptors (Lipinski definition) is 6. The largest absolute Gasteiger partial charge is 0.378 e. The maximum Gasteiger partial charge on any atom is 0.233 e. The number of carbonyl (C=O) groups excluding carboxylic acids is 1. The highest BCUT2D eigenvalue weighted by molar-refractivity contribution is 7.90. The first-order valence-corrected chi connectivity index (χ1v) is 12.6. The molecule has 0 bridgehead atoms. The van der Waals surface area contributed by atoms with Crippen LogP contribution in [0.4, 0.5) is 5.82 Å². The predicted octanol–water partition coefficient (Wildman–Crippen LogP) is 3.31. The van der Waals surface area contributed by atoms with Gasteiger partial charge in [0.15, 0.2) is 15.7 Å². The number of rotatable bonds is 6. The lowest BCUT2D eigenvalue weighted by molar-refractivity contribution is -0.118. The molecule has 1 heterocycles. The van der Waals surface area contributed by atoms with Gasteiger partial charge in [-0.2, -0.15) is 0 Å². The highest BCUT2D eigenvalue weighted by Crippen LogP contribution is 2.35. The molecule has 1 amide bonds. The van der Waals surface area contributed by atoms with Crippen LogP contribution in [0, 0.1) is 17.8 Å². The van der Waals surface area contributed by atoms with E-state index in [4.69, 9.17) is 0 Å². The van der Waals surface area contributed by atoms with Crippen LogP contribution in [-0.4, -0.2) is 41.3 Å². The first-order chi connectivity index (χ1) is 15.0. The summed E-state index contributed by atoms with van der Waals surface area (Å²) in [6.45, 7) is 3.16. The number of anilines is 1. The Balaban J connectivity index is 1.78. The molecule has 0 spiro atoms. The Bertz CT molecular complexity index is 1100. The minimum atomic E-state index is -3.30. The molecule has 1 aliphatic rings. The second-order valence-corrected chi connectivity index (χ2v) is 10.9. The van der Waals surface area contributed by atoms with Gasteiger partial charge in [-0.05, 0) is 49.8 Å². The lowest BCUT2D eigenvalue weighted by atomic mass is 9.87. The molecule has 1 aliphatic carbocycles. The number of hydrogen-bond donors (Lipinski definition) is 2. The van der Waals surface area contributed by atoms with Crippen LogP contribution in [0.2, 0.25) is 0 Å². The second kappa shape index (κ2) is 9.80. The first-order valence-electron chi connectivity index (χ1n) is 10.7. The second-order valence-electron chi connectivity index (χ2n) is 8.87. The standard InChI is InChI=1S/C24H29N3O4S/c1-24(2,29)13-12-19-15-26-22(16-25-19)27-23(28)21(14-17-6-4-5-7-17)18-8-10-20(11-9-18)32(3,30)31/h8-11,15-17,21,29H,4-7,14H2,1-3H3,(H,26,27,28). The van der Waals surface area contributed by atoms with E-state index in [9.17, 15) is 18.3 Å². The molecule has 1 saturated carbocycles. The number of benzene rings is 1. The van der Waals surface area contributed by atoms with E-state index in [1.807, 2.05) is 0 Å². The first kappa shape index (κ1) is 23.9. The Morgan fingerprint density at radius 2 is 1.84 bits per heavy atom. The molecule has 8 heteroatoms. The van der Waals surface area contributed by atoms with Gasteiger partial charge in [-0.3, -0.25) is 4.79 Å². The minimum absolute atomic E-state index is 0.200. The van der Waals surface area contributed by atoms with E-state index in [-0.39, 0.29) is 10.8 Å². The number of carbonyl (C=O) groups is 1. The van der Waals surface area contributed by atoms with Gasteiger partial charge in [0.25, 0.3) is 0 Å². The van der Waals surface area contributed by atoms with Gasteiger partial charge >= 0.3 is 0 Å². The number of amides is 1. The van der Waals surface area contributed by atoms with Gasteiger partial charge in [0.2, 0.25) is 5.91 Å². The average Bonchev–Trinajstić information content (AvgIpc) is 3.24. The van der Waals surface area contributed by atoms with E-state index in [0.717, 1.165) is 18.4 Å². The number of nitrogens with zero attached hydrogens (tertiary/aromatic N) is 2.